The van der Waals surface area contributed by atoms with Gasteiger partial charge < -0.3 is 5.32 Å². The highest BCUT2D eigenvalue weighted by atomic mass is 32.2. The van der Waals surface area contributed by atoms with E-state index in [0.29, 0.717) is 6.54 Å². The fourth-order valence-corrected chi connectivity index (χ4v) is 6.49. The number of amides is 1. The Morgan fingerprint density at radius 3 is 2.06 bits per heavy atom. The van der Waals surface area contributed by atoms with E-state index in [1.54, 1.807) is 5.38 Å². The molecule has 0 saturated carbocycles. The largest absolute Gasteiger partial charge is 0.350 e. The molecule has 5 nitrogen and oxygen atoms in total. The van der Waals surface area contributed by atoms with Crippen molar-refractivity contribution < 1.29 is 13.2 Å². The van der Waals surface area contributed by atoms with Crippen molar-refractivity contribution in [1.82, 2.24) is 10.0 Å². The molecule has 0 spiro atoms. The van der Waals surface area contributed by atoms with Gasteiger partial charge in [-0.3, -0.25) is 4.79 Å². The quantitative estimate of drug-likeness (QED) is 0.358. The molecule has 4 aromatic rings. The summed E-state index contributed by atoms with van der Waals surface area (Å²) in [4.78, 5) is 14.1. The van der Waals surface area contributed by atoms with Crippen LogP contribution in [0.4, 0.5) is 0 Å². The summed E-state index contributed by atoms with van der Waals surface area (Å²) in [6.07, 6.45) is 0. The minimum absolute atomic E-state index is 0.00697. The molecule has 2 aromatic heterocycles. The highest BCUT2D eigenvalue weighted by Gasteiger charge is 2.25. The lowest BCUT2D eigenvalue weighted by molar-refractivity contribution is 0.0953. The lowest BCUT2D eigenvalue weighted by Gasteiger charge is -2.19. The summed E-state index contributed by atoms with van der Waals surface area (Å²) >= 11 is 2.60. The Hall–Kier alpha value is -2.78. The summed E-state index contributed by atoms with van der Waals surface area (Å²) in [5.41, 5.74) is 2.16. The van der Waals surface area contributed by atoms with E-state index in [1.165, 1.54) is 17.4 Å². The zero-order valence-corrected chi connectivity index (χ0v) is 19.6. The van der Waals surface area contributed by atoms with Crippen molar-refractivity contribution in [2.24, 2.45) is 0 Å². The van der Waals surface area contributed by atoms with Crippen LogP contribution in [0.1, 0.15) is 31.6 Å². The number of hydrogen-bond acceptors (Lipinski definition) is 5. The zero-order chi connectivity index (χ0) is 22.4. The molecule has 32 heavy (non-hydrogen) atoms. The SMILES string of the molecule is O=C(NCC(c1ccccc1)c1ccccc1)c1sccc1S(=O)(=O)NCc1cccs1. The van der Waals surface area contributed by atoms with Gasteiger partial charge >= 0.3 is 0 Å². The monoisotopic (exact) mass is 482 g/mol. The van der Waals surface area contributed by atoms with Crippen molar-refractivity contribution in [2.45, 2.75) is 17.4 Å². The minimum atomic E-state index is -3.81. The first-order valence-corrected chi connectivity index (χ1v) is 13.3. The Bertz CT molecular complexity index is 1210. The highest BCUT2D eigenvalue weighted by molar-refractivity contribution is 7.89. The smallest absolute Gasteiger partial charge is 0.262 e. The molecule has 2 heterocycles. The zero-order valence-electron chi connectivity index (χ0n) is 17.1. The van der Waals surface area contributed by atoms with E-state index in [1.807, 2.05) is 78.2 Å². The summed E-state index contributed by atoms with van der Waals surface area (Å²) in [6, 6.07) is 25.1. The van der Waals surface area contributed by atoms with Crippen LogP contribution >= 0.6 is 22.7 Å². The molecule has 0 radical (unpaired) electrons. The van der Waals surface area contributed by atoms with Gasteiger partial charge in [-0.1, -0.05) is 66.7 Å². The average Bonchev–Trinajstić information content (AvgIpc) is 3.52. The molecule has 4 rings (SSSR count). The van der Waals surface area contributed by atoms with Gasteiger partial charge in [-0.25, -0.2) is 13.1 Å². The maximum atomic E-state index is 13.0. The van der Waals surface area contributed by atoms with E-state index in [2.05, 4.69) is 10.0 Å². The molecule has 1 amide bonds. The van der Waals surface area contributed by atoms with E-state index < -0.39 is 15.9 Å². The Kier molecular flexibility index (Phi) is 7.16. The Morgan fingerprint density at radius 2 is 1.47 bits per heavy atom. The normalized spacial score (nSPS) is 11.5. The number of rotatable bonds is 9. The summed E-state index contributed by atoms with van der Waals surface area (Å²) < 4.78 is 28.2. The van der Waals surface area contributed by atoms with E-state index in [0.717, 1.165) is 27.3 Å². The van der Waals surface area contributed by atoms with Crippen LogP contribution in [0.2, 0.25) is 0 Å². The molecule has 8 heteroatoms. The molecule has 0 fully saturated rings. The van der Waals surface area contributed by atoms with Crippen LogP contribution in [0.15, 0.2) is 94.5 Å². The van der Waals surface area contributed by atoms with Crippen molar-refractivity contribution in [1.29, 1.82) is 0 Å². The maximum absolute atomic E-state index is 13.0. The summed E-state index contributed by atoms with van der Waals surface area (Å²) in [5, 5.41) is 6.46. The summed E-state index contributed by atoms with van der Waals surface area (Å²) in [5.74, 6) is -0.438. The topological polar surface area (TPSA) is 75.3 Å². The predicted molar refractivity (Wildman–Crippen MR) is 130 cm³/mol. The molecule has 0 aliphatic carbocycles. The van der Waals surface area contributed by atoms with Crippen molar-refractivity contribution >= 4 is 38.6 Å². The number of thiophene rings is 2. The Balaban J connectivity index is 1.50. The third-order valence-electron chi connectivity index (χ3n) is 5.01. The third kappa shape index (κ3) is 5.34. The van der Waals surface area contributed by atoms with Crippen LogP contribution in [-0.2, 0) is 16.6 Å². The number of nitrogens with one attached hydrogen (secondary N) is 2. The second kappa shape index (κ2) is 10.2. The number of hydrogen-bond donors (Lipinski definition) is 2. The molecule has 2 aromatic carbocycles. The first kappa shape index (κ1) is 22.4. The van der Waals surface area contributed by atoms with E-state index >= 15 is 0 Å². The second-order valence-electron chi connectivity index (χ2n) is 7.10. The van der Waals surface area contributed by atoms with Crippen molar-refractivity contribution in [3.05, 3.63) is 111 Å². The first-order valence-electron chi connectivity index (χ1n) is 10.0. The number of sulfonamides is 1. The van der Waals surface area contributed by atoms with Gasteiger partial charge in [-0.05, 0) is 34.0 Å². The van der Waals surface area contributed by atoms with E-state index in [4.69, 9.17) is 0 Å². The highest BCUT2D eigenvalue weighted by Crippen LogP contribution is 2.26. The molecule has 0 aliphatic rings. The molecule has 0 unspecified atom stereocenters. The standard InChI is InChI=1S/C24H22N2O3S3/c27-24(23-22(13-15-31-23)32(28,29)26-16-20-12-7-14-30-20)25-17-21(18-8-3-1-4-9-18)19-10-5-2-6-11-19/h1-15,21,26H,16-17H2,(H,25,27). The van der Waals surface area contributed by atoms with Crippen molar-refractivity contribution in [2.75, 3.05) is 6.54 Å². The molecule has 2 N–H and O–H groups in total. The van der Waals surface area contributed by atoms with Gasteiger partial charge in [0.05, 0.1) is 0 Å². The molecular weight excluding hydrogens is 460 g/mol. The van der Waals surface area contributed by atoms with Crippen LogP contribution in [-0.4, -0.2) is 20.9 Å². The van der Waals surface area contributed by atoms with Gasteiger partial charge in [0.2, 0.25) is 10.0 Å². The molecule has 0 atom stereocenters. The molecule has 0 bridgehead atoms. The maximum Gasteiger partial charge on any atom is 0.262 e. The van der Waals surface area contributed by atoms with Crippen LogP contribution < -0.4 is 10.0 Å². The molecule has 164 valence electrons. The van der Waals surface area contributed by atoms with E-state index in [9.17, 15) is 13.2 Å². The predicted octanol–water partition coefficient (Wildman–Crippen LogP) is 4.85. The van der Waals surface area contributed by atoms with Crippen LogP contribution in [0.25, 0.3) is 0 Å². The Morgan fingerprint density at radius 1 is 0.812 bits per heavy atom. The van der Waals surface area contributed by atoms with Crippen molar-refractivity contribution in [3.63, 3.8) is 0 Å². The van der Waals surface area contributed by atoms with Gasteiger partial charge in [0.1, 0.15) is 9.77 Å². The van der Waals surface area contributed by atoms with Crippen LogP contribution in [0.3, 0.4) is 0 Å². The van der Waals surface area contributed by atoms with Crippen LogP contribution in [0, 0.1) is 0 Å². The summed E-state index contributed by atoms with van der Waals surface area (Å²) in [7, 11) is -3.81. The summed E-state index contributed by atoms with van der Waals surface area (Å²) in [6.45, 7) is 0.549. The van der Waals surface area contributed by atoms with Gasteiger partial charge in [0, 0.05) is 23.9 Å². The Labute approximate surface area is 195 Å². The fraction of sp³-hybridized carbons (Fsp3) is 0.125. The van der Waals surface area contributed by atoms with Crippen molar-refractivity contribution in [3.8, 4) is 0 Å². The lowest BCUT2D eigenvalue weighted by atomic mass is 9.91. The lowest BCUT2D eigenvalue weighted by Crippen LogP contribution is -2.30. The molecule has 0 aliphatic heterocycles. The second-order valence-corrected chi connectivity index (χ2v) is 10.8. The third-order valence-corrected chi connectivity index (χ3v) is 8.37. The van der Waals surface area contributed by atoms with E-state index in [-0.39, 0.29) is 22.2 Å². The minimum Gasteiger partial charge on any atom is -0.350 e. The molecular formula is C24H22N2O3S3. The van der Waals surface area contributed by atoms with Gasteiger partial charge in [-0.2, -0.15) is 0 Å². The average molecular weight is 483 g/mol. The van der Waals surface area contributed by atoms with Gasteiger partial charge in [0.15, 0.2) is 0 Å². The van der Waals surface area contributed by atoms with Crippen LogP contribution in [0.5, 0.6) is 0 Å². The molecule has 0 saturated heterocycles. The van der Waals surface area contributed by atoms with Gasteiger partial charge in [-0.15, -0.1) is 22.7 Å². The fourth-order valence-electron chi connectivity index (χ4n) is 3.41. The van der Waals surface area contributed by atoms with Gasteiger partial charge in [0.25, 0.3) is 5.91 Å². The number of carbonyl (C=O) groups is 1. The first-order chi connectivity index (χ1) is 15.5. The number of benzene rings is 2. The number of carbonyl (C=O) groups excluding carboxylic acids is 1.